The third-order valence-electron chi connectivity index (χ3n) is 3.59. The Morgan fingerprint density at radius 3 is 2.76 bits per heavy atom. The quantitative estimate of drug-likeness (QED) is 0.664. The van der Waals surface area contributed by atoms with Gasteiger partial charge in [-0.3, -0.25) is 4.79 Å². The number of fused-ring (bicyclic) bond motifs is 1. The van der Waals surface area contributed by atoms with Crippen molar-refractivity contribution in [3.63, 3.8) is 0 Å². The highest BCUT2D eigenvalue weighted by Gasteiger charge is 2.11. The predicted molar refractivity (Wildman–Crippen MR) is 87.6 cm³/mol. The molecule has 3 rings (SSSR count). The molecule has 0 fully saturated rings. The third-order valence-corrected chi connectivity index (χ3v) is 4.08. The second kappa shape index (κ2) is 5.82. The molecule has 1 aromatic heterocycles. The van der Waals surface area contributed by atoms with Crippen LogP contribution in [0.25, 0.3) is 10.8 Å². The van der Waals surface area contributed by atoms with Crippen LogP contribution in [0.1, 0.15) is 23.1 Å². The number of hydrogen-bond donors (Lipinski definition) is 0. The minimum atomic E-state index is 0.0979. The summed E-state index contributed by atoms with van der Waals surface area (Å²) in [6, 6.07) is 11.9. The number of rotatable bonds is 4. The fraction of sp³-hybridized carbons (Fsp3) is 0.176. The zero-order valence-electron chi connectivity index (χ0n) is 11.7. The summed E-state index contributed by atoms with van der Waals surface area (Å²) in [6.07, 6.45) is 3.98. The number of aryl methyl sites for hydroxylation is 1. The Labute approximate surface area is 131 Å². The van der Waals surface area contributed by atoms with Crippen molar-refractivity contribution in [2.24, 2.45) is 0 Å². The van der Waals surface area contributed by atoms with Crippen LogP contribution in [0.15, 0.2) is 53.3 Å². The van der Waals surface area contributed by atoms with E-state index in [9.17, 15) is 4.79 Å². The first-order valence-corrected chi connectivity index (χ1v) is 7.69. The number of halogens is 1. The Hall–Kier alpha value is -1.94. The normalized spacial score (nSPS) is 11.0. The predicted octanol–water partition coefficient (Wildman–Crippen LogP) is 4.24. The summed E-state index contributed by atoms with van der Waals surface area (Å²) in [4.78, 5) is 16.7. The van der Waals surface area contributed by atoms with Crippen molar-refractivity contribution in [3.8, 4) is 0 Å². The topological polar surface area (TPSA) is 34.9 Å². The van der Waals surface area contributed by atoms with Crippen LogP contribution in [0, 0.1) is 0 Å². The Bertz CT molecular complexity index is 807. The Morgan fingerprint density at radius 2 is 1.95 bits per heavy atom. The first-order valence-electron chi connectivity index (χ1n) is 6.90. The van der Waals surface area contributed by atoms with Gasteiger partial charge >= 0.3 is 0 Å². The van der Waals surface area contributed by atoms with E-state index in [4.69, 9.17) is 0 Å². The molecule has 3 aromatic rings. The molecule has 0 bridgehead atoms. The maximum Gasteiger partial charge on any atom is 0.170 e. The third kappa shape index (κ3) is 2.90. The number of imidazole rings is 1. The van der Waals surface area contributed by atoms with Crippen LogP contribution in [0.4, 0.5) is 0 Å². The molecule has 0 aliphatic heterocycles. The summed E-state index contributed by atoms with van der Waals surface area (Å²) < 4.78 is 3.04. The largest absolute Gasteiger partial charge is 0.335 e. The number of benzene rings is 2. The van der Waals surface area contributed by atoms with Gasteiger partial charge in [-0.25, -0.2) is 4.98 Å². The molecule has 0 amide bonds. The van der Waals surface area contributed by atoms with E-state index in [1.54, 1.807) is 6.20 Å². The molecule has 2 aromatic carbocycles. The van der Waals surface area contributed by atoms with Gasteiger partial charge in [-0.05, 0) is 35.9 Å². The molecule has 0 aliphatic rings. The second-order valence-electron chi connectivity index (χ2n) is 4.94. The van der Waals surface area contributed by atoms with E-state index in [-0.39, 0.29) is 5.78 Å². The van der Waals surface area contributed by atoms with Crippen LogP contribution in [0.5, 0.6) is 0 Å². The molecule has 0 aliphatic carbocycles. The molecule has 0 saturated heterocycles. The van der Waals surface area contributed by atoms with Gasteiger partial charge in [-0.15, -0.1) is 0 Å². The highest BCUT2D eigenvalue weighted by atomic mass is 79.9. The average Bonchev–Trinajstić information content (AvgIpc) is 2.93. The van der Waals surface area contributed by atoms with Gasteiger partial charge in [0.1, 0.15) is 5.82 Å². The van der Waals surface area contributed by atoms with Gasteiger partial charge < -0.3 is 4.57 Å². The van der Waals surface area contributed by atoms with Gasteiger partial charge in [0.25, 0.3) is 0 Å². The molecule has 0 spiro atoms. The summed E-state index contributed by atoms with van der Waals surface area (Å²) in [5, 5.41) is 2.19. The zero-order valence-corrected chi connectivity index (χ0v) is 13.3. The van der Waals surface area contributed by atoms with E-state index in [1.165, 1.54) is 0 Å². The summed E-state index contributed by atoms with van der Waals surface area (Å²) in [6.45, 7) is 2.87. The van der Waals surface area contributed by atoms with Crippen LogP contribution < -0.4 is 0 Å². The van der Waals surface area contributed by atoms with Crippen LogP contribution in [0.3, 0.4) is 0 Å². The van der Waals surface area contributed by atoms with E-state index in [2.05, 4.69) is 20.9 Å². The first kappa shape index (κ1) is 14.0. The van der Waals surface area contributed by atoms with Crippen molar-refractivity contribution in [3.05, 3.63) is 64.7 Å². The van der Waals surface area contributed by atoms with Crippen LogP contribution in [-0.2, 0) is 13.0 Å². The number of Topliss-reactive ketones (excluding diaryl/α,β-unsaturated/α-hetero) is 1. The van der Waals surface area contributed by atoms with Gasteiger partial charge in [-0.1, -0.05) is 34.1 Å². The number of carbonyl (C=O) groups excluding carboxylic acids is 1. The number of hydrogen-bond acceptors (Lipinski definition) is 2. The molecule has 0 saturated carbocycles. The maximum absolute atomic E-state index is 12.4. The van der Waals surface area contributed by atoms with Gasteiger partial charge in [0.15, 0.2) is 5.78 Å². The van der Waals surface area contributed by atoms with Crippen LogP contribution in [-0.4, -0.2) is 15.3 Å². The lowest BCUT2D eigenvalue weighted by Crippen LogP contribution is -2.09. The molecule has 3 nitrogen and oxygen atoms in total. The van der Waals surface area contributed by atoms with Gasteiger partial charge in [0.2, 0.25) is 0 Å². The molecule has 1 heterocycles. The van der Waals surface area contributed by atoms with E-state index >= 15 is 0 Å². The first-order chi connectivity index (χ1) is 10.2. The highest BCUT2D eigenvalue weighted by Crippen LogP contribution is 2.21. The van der Waals surface area contributed by atoms with E-state index in [0.717, 1.165) is 33.2 Å². The van der Waals surface area contributed by atoms with Crippen LogP contribution >= 0.6 is 15.9 Å². The summed E-state index contributed by atoms with van der Waals surface area (Å²) >= 11 is 3.46. The smallest absolute Gasteiger partial charge is 0.170 e. The van der Waals surface area contributed by atoms with E-state index < -0.39 is 0 Å². The lowest BCUT2D eigenvalue weighted by molar-refractivity contribution is 0.0990. The Balaban J connectivity index is 1.89. The van der Waals surface area contributed by atoms with Crippen molar-refractivity contribution in [2.45, 2.75) is 19.9 Å². The molecule has 0 radical (unpaired) electrons. The van der Waals surface area contributed by atoms with Gasteiger partial charge in [0, 0.05) is 29.0 Å². The summed E-state index contributed by atoms with van der Waals surface area (Å²) in [5.74, 6) is 0.916. The van der Waals surface area contributed by atoms with Crippen molar-refractivity contribution >= 4 is 32.5 Å². The molecule has 0 N–H and O–H groups in total. The minimum absolute atomic E-state index is 0.0979. The van der Waals surface area contributed by atoms with Crippen LogP contribution in [0.2, 0.25) is 0 Å². The summed E-state index contributed by atoms with van der Waals surface area (Å²) in [7, 11) is 0. The van der Waals surface area contributed by atoms with E-state index in [1.807, 2.05) is 54.1 Å². The lowest BCUT2D eigenvalue weighted by atomic mass is 10.0. The molecule has 4 heteroatoms. The number of carbonyl (C=O) groups is 1. The second-order valence-corrected chi connectivity index (χ2v) is 5.85. The Morgan fingerprint density at radius 1 is 1.19 bits per heavy atom. The van der Waals surface area contributed by atoms with E-state index in [0.29, 0.717) is 6.42 Å². The van der Waals surface area contributed by atoms with Crippen molar-refractivity contribution < 1.29 is 4.79 Å². The fourth-order valence-electron chi connectivity index (χ4n) is 2.43. The average molecular weight is 343 g/mol. The molecule has 106 valence electrons. The minimum Gasteiger partial charge on any atom is -0.335 e. The molecule has 21 heavy (non-hydrogen) atoms. The standard InChI is InChI=1S/C17H15BrN2O/c1-2-20-8-7-19-17(20)11-16(21)14-4-3-13-10-15(18)6-5-12(13)9-14/h3-10H,2,11H2,1H3. The molecular weight excluding hydrogens is 328 g/mol. The number of aromatic nitrogens is 2. The van der Waals surface area contributed by atoms with Crippen molar-refractivity contribution in [1.29, 1.82) is 0 Å². The lowest BCUT2D eigenvalue weighted by Gasteiger charge is -2.06. The maximum atomic E-state index is 12.4. The Kier molecular flexibility index (Phi) is 3.88. The zero-order chi connectivity index (χ0) is 14.8. The molecular formula is C17H15BrN2O. The van der Waals surface area contributed by atoms with Gasteiger partial charge in [-0.2, -0.15) is 0 Å². The highest BCUT2D eigenvalue weighted by molar-refractivity contribution is 9.10. The fourth-order valence-corrected chi connectivity index (χ4v) is 2.81. The van der Waals surface area contributed by atoms with Crippen molar-refractivity contribution in [1.82, 2.24) is 9.55 Å². The molecule has 0 unspecified atom stereocenters. The SMILES string of the molecule is CCn1ccnc1CC(=O)c1ccc2cc(Br)ccc2c1. The molecule has 0 atom stereocenters. The number of nitrogens with zero attached hydrogens (tertiary/aromatic N) is 2. The van der Waals surface area contributed by atoms with Crippen molar-refractivity contribution in [2.75, 3.05) is 0 Å². The van der Waals surface area contributed by atoms with Gasteiger partial charge in [0.05, 0.1) is 6.42 Å². The monoisotopic (exact) mass is 342 g/mol. The number of ketones is 1. The summed E-state index contributed by atoms with van der Waals surface area (Å²) in [5.41, 5.74) is 0.732.